The van der Waals surface area contributed by atoms with Gasteiger partial charge in [-0.1, -0.05) is 67.4 Å². The number of unbranched alkanes of at least 4 members (excludes halogenated alkanes) is 3. The second-order valence-electron chi connectivity index (χ2n) is 15.2. The lowest BCUT2D eigenvalue weighted by Gasteiger charge is -2.41. The first-order valence-corrected chi connectivity index (χ1v) is 21.5. The highest BCUT2D eigenvalue weighted by molar-refractivity contribution is 7.44. The van der Waals surface area contributed by atoms with E-state index in [0.717, 1.165) is 42.4 Å². The first-order valence-electron chi connectivity index (χ1n) is 20.4. The number of esters is 1. The maximum Gasteiger partial charge on any atom is 0.303 e. The molecule has 0 aliphatic carbocycles. The summed E-state index contributed by atoms with van der Waals surface area (Å²) in [5.74, 6) is 0.315. The molecule has 0 aromatic heterocycles. The molecular formula is C45H60N3O9P. The van der Waals surface area contributed by atoms with Gasteiger partial charge in [-0.3, -0.25) is 9.59 Å². The first-order chi connectivity index (χ1) is 28.0. The predicted molar refractivity (Wildman–Crippen MR) is 222 cm³/mol. The Labute approximate surface area is 345 Å². The number of amides is 1. The molecule has 3 aromatic rings. The summed E-state index contributed by atoms with van der Waals surface area (Å²) in [6.45, 7) is 11.3. The zero-order chi connectivity index (χ0) is 41.7. The summed E-state index contributed by atoms with van der Waals surface area (Å²) in [5, 5.41) is 12.1. The van der Waals surface area contributed by atoms with Crippen molar-refractivity contribution in [2.45, 2.75) is 115 Å². The molecule has 2 aliphatic heterocycles. The van der Waals surface area contributed by atoms with E-state index < -0.39 is 50.4 Å². The number of rotatable bonds is 23. The Morgan fingerprint density at radius 1 is 0.828 bits per heavy atom. The number of fused-ring (bicyclic) bond motifs is 2. The number of nitrogens with one attached hydrogen (secondary N) is 1. The normalized spacial score (nSPS) is 20.6. The van der Waals surface area contributed by atoms with E-state index >= 15 is 0 Å². The minimum atomic E-state index is -1.26. The number of nitrogens with zero attached hydrogens (tertiary/aromatic N) is 2. The second kappa shape index (κ2) is 21.8. The molecule has 0 saturated carbocycles. The van der Waals surface area contributed by atoms with E-state index in [1.165, 1.54) is 6.92 Å². The molecule has 0 radical (unpaired) electrons. The van der Waals surface area contributed by atoms with Crippen molar-refractivity contribution in [2.24, 2.45) is 5.92 Å². The van der Waals surface area contributed by atoms with Gasteiger partial charge in [0.05, 0.1) is 51.9 Å². The Balaban J connectivity index is 1.24. The largest absolute Gasteiger partial charge is 0.497 e. The fraction of sp³-hybridized carbons (Fsp3) is 0.533. The molecule has 2 heterocycles. The third kappa shape index (κ3) is 10.9. The quantitative estimate of drug-likeness (QED) is 0.0431. The molecule has 2 aliphatic rings. The van der Waals surface area contributed by atoms with Crippen molar-refractivity contribution in [3.63, 3.8) is 0 Å². The molecular weight excluding hydrogens is 757 g/mol. The zero-order valence-electron chi connectivity index (χ0n) is 34.9. The molecule has 3 aromatic carbocycles. The van der Waals surface area contributed by atoms with Crippen LogP contribution in [0.2, 0.25) is 0 Å². The SMILES string of the molecule is COc1ccc(C(OC2C3CC(C(=O)NCCCCCCOP(OCCC#N)N(C(C)C)C(C)C)C(O3)C2OC(C)=O)(c2ccccc2)c2ccc(OC)cc2)cc1. The number of benzene rings is 3. The summed E-state index contributed by atoms with van der Waals surface area (Å²) in [5.41, 5.74) is 1.39. The lowest BCUT2D eigenvalue weighted by atomic mass is 9.78. The summed E-state index contributed by atoms with van der Waals surface area (Å²) in [4.78, 5) is 26.3. The lowest BCUT2D eigenvalue weighted by molar-refractivity contribution is -0.167. The van der Waals surface area contributed by atoms with Crippen LogP contribution in [-0.2, 0) is 38.4 Å². The molecule has 2 bridgehead atoms. The van der Waals surface area contributed by atoms with Crippen molar-refractivity contribution < 1.29 is 42.3 Å². The predicted octanol–water partition coefficient (Wildman–Crippen LogP) is 8.07. The molecule has 6 atom stereocenters. The van der Waals surface area contributed by atoms with E-state index in [9.17, 15) is 9.59 Å². The van der Waals surface area contributed by atoms with Crippen molar-refractivity contribution in [2.75, 3.05) is 34.0 Å². The highest BCUT2D eigenvalue weighted by atomic mass is 31.2. The van der Waals surface area contributed by atoms with E-state index in [0.29, 0.717) is 44.1 Å². The average Bonchev–Trinajstić information content (AvgIpc) is 3.80. The highest BCUT2D eigenvalue weighted by Gasteiger charge is 2.61. The average molecular weight is 818 g/mol. The Bertz CT molecular complexity index is 1720. The van der Waals surface area contributed by atoms with Crippen LogP contribution in [0.3, 0.4) is 0 Å². The van der Waals surface area contributed by atoms with Gasteiger partial charge in [-0.15, -0.1) is 0 Å². The van der Waals surface area contributed by atoms with Crippen molar-refractivity contribution in [1.29, 1.82) is 5.26 Å². The molecule has 2 fully saturated rings. The van der Waals surface area contributed by atoms with E-state index in [1.54, 1.807) is 14.2 Å². The maximum absolute atomic E-state index is 13.7. The van der Waals surface area contributed by atoms with Crippen LogP contribution in [-0.4, -0.2) is 87.0 Å². The lowest BCUT2D eigenvalue weighted by Crippen LogP contribution is -2.52. The molecule has 2 saturated heterocycles. The number of nitriles is 1. The van der Waals surface area contributed by atoms with Crippen molar-refractivity contribution >= 4 is 20.4 Å². The summed E-state index contributed by atoms with van der Waals surface area (Å²) < 4.78 is 45.2. The van der Waals surface area contributed by atoms with Crippen LogP contribution >= 0.6 is 8.53 Å². The Hall–Kier alpha value is -4.08. The van der Waals surface area contributed by atoms with E-state index in [1.807, 2.05) is 78.9 Å². The van der Waals surface area contributed by atoms with Crippen LogP contribution in [0.25, 0.3) is 0 Å². The van der Waals surface area contributed by atoms with Crippen molar-refractivity contribution in [1.82, 2.24) is 9.99 Å². The molecule has 6 unspecified atom stereocenters. The van der Waals surface area contributed by atoms with Crippen LogP contribution < -0.4 is 14.8 Å². The smallest absolute Gasteiger partial charge is 0.303 e. The van der Waals surface area contributed by atoms with Crippen molar-refractivity contribution in [3.8, 4) is 17.6 Å². The Morgan fingerprint density at radius 2 is 1.40 bits per heavy atom. The van der Waals surface area contributed by atoms with E-state index in [2.05, 4.69) is 43.8 Å². The van der Waals surface area contributed by atoms with Crippen LogP contribution in [0.1, 0.15) is 89.8 Å². The highest BCUT2D eigenvalue weighted by Crippen LogP contribution is 2.50. The van der Waals surface area contributed by atoms with Gasteiger partial charge in [0.15, 0.2) is 6.10 Å². The van der Waals surface area contributed by atoms with E-state index in [-0.39, 0.29) is 18.0 Å². The minimum Gasteiger partial charge on any atom is -0.497 e. The van der Waals surface area contributed by atoms with Gasteiger partial charge in [0.2, 0.25) is 5.91 Å². The van der Waals surface area contributed by atoms with Crippen LogP contribution in [0.4, 0.5) is 0 Å². The third-order valence-electron chi connectivity index (χ3n) is 10.6. The van der Waals surface area contributed by atoms with Gasteiger partial charge in [-0.25, -0.2) is 4.67 Å². The summed E-state index contributed by atoms with van der Waals surface area (Å²) in [6.07, 6.45) is 1.63. The number of methoxy groups -OCH3 is 2. The molecule has 0 spiro atoms. The Kier molecular flexibility index (Phi) is 16.9. The Morgan fingerprint density at radius 3 is 1.95 bits per heavy atom. The number of ether oxygens (including phenoxy) is 5. The zero-order valence-corrected chi connectivity index (χ0v) is 35.8. The molecule has 1 N–H and O–H groups in total. The van der Waals surface area contributed by atoms with Gasteiger partial charge >= 0.3 is 5.97 Å². The standard InChI is InChI=1S/C45H60N3O9P/c1-31(2)48(32(3)4)58(54-29-15-26-46)53-28-14-9-8-13-27-47-44(50)39-30-40-42(43(41(39)56-40)55-33(5)49)57-45(34-16-11-10-12-17-34,35-18-22-37(51-6)23-19-35)36-20-24-38(52-7)25-21-36/h10-12,16-25,31-32,39-43H,8-9,13-15,27-30H2,1-7H3,(H,47,50). The molecule has 1 amide bonds. The van der Waals surface area contributed by atoms with Gasteiger partial charge in [0, 0.05) is 25.6 Å². The molecule has 58 heavy (non-hydrogen) atoms. The topological polar surface area (TPSA) is 138 Å². The van der Waals surface area contributed by atoms with Gasteiger partial charge in [-0.05, 0) is 87.9 Å². The van der Waals surface area contributed by atoms with Crippen LogP contribution in [0.15, 0.2) is 78.9 Å². The third-order valence-corrected chi connectivity index (χ3v) is 12.7. The van der Waals surface area contributed by atoms with Gasteiger partial charge in [0.1, 0.15) is 29.3 Å². The van der Waals surface area contributed by atoms with Crippen LogP contribution in [0, 0.1) is 17.2 Å². The summed E-state index contributed by atoms with van der Waals surface area (Å²) in [7, 11) is 2.00. The minimum absolute atomic E-state index is 0.117. The first kappa shape index (κ1) is 45.0. The second-order valence-corrected chi connectivity index (χ2v) is 16.7. The molecule has 13 heteroatoms. The summed E-state index contributed by atoms with van der Waals surface area (Å²) in [6, 6.07) is 28.1. The number of carbonyl (C=O) groups excluding carboxylic acids is 2. The van der Waals surface area contributed by atoms with Gasteiger partial charge in [-0.2, -0.15) is 5.26 Å². The number of hydrogen-bond donors (Lipinski definition) is 1. The maximum atomic E-state index is 13.7. The fourth-order valence-corrected chi connectivity index (χ4v) is 9.62. The fourth-order valence-electron chi connectivity index (χ4n) is 7.99. The molecule has 5 rings (SSSR count). The van der Waals surface area contributed by atoms with Crippen molar-refractivity contribution in [3.05, 3.63) is 95.6 Å². The number of hydrogen-bond acceptors (Lipinski definition) is 11. The van der Waals surface area contributed by atoms with Gasteiger partial charge < -0.3 is 38.0 Å². The molecule has 314 valence electrons. The van der Waals surface area contributed by atoms with Gasteiger partial charge in [0.25, 0.3) is 8.53 Å². The van der Waals surface area contributed by atoms with Crippen LogP contribution in [0.5, 0.6) is 11.5 Å². The summed E-state index contributed by atoms with van der Waals surface area (Å²) >= 11 is 0. The number of carbonyl (C=O) groups is 2. The van der Waals surface area contributed by atoms with E-state index in [4.69, 9.17) is 38.0 Å². The molecule has 12 nitrogen and oxygen atoms in total. The monoisotopic (exact) mass is 817 g/mol.